The van der Waals surface area contributed by atoms with Gasteiger partial charge in [0.25, 0.3) is 0 Å². The minimum atomic E-state index is -0.554. The van der Waals surface area contributed by atoms with Crippen molar-refractivity contribution in [3.63, 3.8) is 0 Å². The minimum Gasteiger partial charge on any atom is -0.393 e. The first-order chi connectivity index (χ1) is 14.0. The Balaban J connectivity index is 1.45. The second kappa shape index (κ2) is 8.05. The molecule has 4 aliphatic rings. The third-order valence-electron chi connectivity index (χ3n) is 11.7. The highest BCUT2D eigenvalue weighted by Gasteiger charge is 2.60. The average Bonchev–Trinajstić information content (AvgIpc) is 3.03. The Labute approximate surface area is 186 Å². The van der Waals surface area contributed by atoms with Gasteiger partial charge in [0, 0.05) is 0 Å². The molecule has 0 spiro atoms. The molecular formula is C28H50O2. The van der Waals surface area contributed by atoms with Crippen LogP contribution < -0.4 is 0 Å². The van der Waals surface area contributed by atoms with Gasteiger partial charge in [0.15, 0.2) is 0 Å². The van der Waals surface area contributed by atoms with Crippen LogP contribution in [0.1, 0.15) is 112 Å². The molecule has 0 radical (unpaired) electrons. The summed E-state index contributed by atoms with van der Waals surface area (Å²) >= 11 is 0. The molecule has 2 N–H and O–H groups in total. The van der Waals surface area contributed by atoms with Crippen LogP contribution >= 0.6 is 0 Å². The lowest BCUT2D eigenvalue weighted by Crippen LogP contribution is -2.54. The van der Waals surface area contributed by atoms with Gasteiger partial charge < -0.3 is 10.2 Å². The van der Waals surface area contributed by atoms with Crippen molar-refractivity contribution in [1.82, 2.24) is 0 Å². The van der Waals surface area contributed by atoms with Crippen molar-refractivity contribution >= 4 is 0 Å². The lowest BCUT2D eigenvalue weighted by atomic mass is 9.44. The molecule has 0 bridgehead atoms. The predicted octanol–water partition coefficient (Wildman–Crippen LogP) is 6.83. The van der Waals surface area contributed by atoms with E-state index in [0.717, 1.165) is 54.8 Å². The second-order valence-corrected chi connectivity index (χ2v) is 13.4. The standard InChI is InChI=1S/C28H50O2/c1-18(7-8-19(2)26(3,4)30)23-11-12-24-22-10-9-20-17-21(29)13-15-27(20,5)25(22)14-16-28(23,24)6/h18-25,29-30H,7-17H2,1-6H3/t18-,19+,20+,21+,22+,23-,24+,25+,27+,28-/m1/s1. The summed E-state index contributed by atoms with van der Waals surface area (Å²) in [7, 11) is 0. The van der Waals surface area contributed by atoms with Crippen LogP contribution in [0.5, 0.6) is 0 Å². The van der Waals surface area contributed by atoms with Gasteiger partial charge in [-0.05, 0) is 130 Å². The number of hydrogen-bond donors (Lipinski definition) is 2. The number of fused-ring (bicyclic) bond motifs is 5. The fourth-order valence-electron chi connectivity index (χ4n) is 9.28. The van der Waals surface area contributed by atoms with E-state index in [1.807, 2.05) is 13.8 Å². The molecule has 0 heterocycles. The van der Waals surface area contributed by atoms with Crippen molar-refractivity contribution in [2.75, 3.05) is 0 Å². The van der Waals surface area contributed by atoms with Crippen molar-refractivity contribution in [1.29, 1.82) is 0 Å². The molecule has 0 aromatic carbocycles. The Bertz CT molecular complexity index is 608. The number of hydrogen-bond acceptors (Lipinski definition) is 2. The molecule has 0 aromatic heterocycles. The third-order valence-corrected chi connectivity index (χ3v) is 11.7. The Morgan fingerprint density at radius 2 is 1.53 bits per heavy atom. The number of aliphatic hydroxyl groups is 2. The van der Waals surface area contributed by atoms with Gasteiger partial charge in [-0.2, -0.15) is 0 Å². The molecular weight excluding hydrogens is 368 g/mol. The fraction of sp³-hybridized carbons (Fsp3) is 1.00. The third kappa shape index (κ3) is 3.81. The summed E-state index contributed by atoms with van der Waals surface area (Å²) in [4.78, 5) is 0. The zero-order chi connectivity index (χ0) is 21.9. The molecule has 0 aliphatic heterocycles. The zero-order valence-corrected chi connectivity index (χ0v) is 20.8. The largest absolute Gasteiger partial charge is 0.393 e. The molecule has 174 valence electrons. The highest BCUT2D eigenvalue weighted by molar-refractivity contribution is 5.09. The van der Waals surface area contributed by atoms with E-state index in [2.05, 4.69) is 27.7 Å². The van der Waals surface area contributed by atoms with Gasteiger partial charge in [0.1, 0.15) is 0 Å². The molecule has 0 saturated heterocycles. The molecule has 2 heteroatoms. The lowest BCUT2D eigenvalue weighted by molar-refractivity contribution is -0.129. The molecule has 4 aliphatic carbocycles. The molecule has 0 amide bonds. The van der Waals surface area contributed by atoms with E-state index in [0.29, 0.717) is 16.7 Å². The molecule has 0 unspecified atom stereocenters. The van der Waals surface area contributed by atoms with E-state index >= 15 is 0 Å². The maximum Gasteiger partial charge on any atom is 0.0617 e. The first kappa shape index (κ1) is 23.1. The molecule has 10 atom stereocenters. The van der Waals surface area contributed by atoms with Gasteiger partial charge in [0.2, 0.25) is 0 Å². The molecule has 4 saturated carbocycles. The Morgan fingerprint density at radius 3 is 2.23 bits per heavy atom. The SMILES string of the molecule is C[C@H](CC[C@H](C)C(C)(C)O)[C@H]1CC[C@H]2[C@@H]3CC[C@H]4C[C@@H](O)CC[C@]4(C)[C@H]3CC[C@]12C. The van der Waals surface area contributed by atoms with Crippen LogP contribution in [0.25, 0.3) is 0 Å². The van der Waals surface area contributed by atoms with Gasteiger partial charge >= 0.3 is 0 Å². The fourth-order valence-corrected chi connectivity index (χ4v) is 9.28. The highest BCUT2D eigenvalue weighted by atomic mass is 16.3. The quantitative estimate of drug-likeness (QED) is 0.513. The van der Waals surface area contributed by atoms with Crippen LogP contribution in [-0.2, 0) is 0 Å². The van der Waals surface area contributed by atoms with Crippen LogP contribution in [0.4, 0.5) is 0 Å². The summed E-state index contributed by atoms with van der Waals surface area (Å²) in [5.41, 5.74) is 0.479. The van der Waals surface area contributed by atoms with Crippen LogP contribution in [0, 0.1) is 52.3 Å². The van der Waals surface area contributed by atoms with E-state index < -0.39 is 5.60 Å². The number of rotatable bonds is 5. The topological polar surface area (TPSA) is 40.5 Å². The minimum absolute atomic E-state index is 0.0310. The van der Waals surface area contributed by atoms with Gasteiger partial charge in [-0.1, -0.05) is 34.1 Å². The summed E-state index contributed by atoms with van der Waals surface area (Å²) in [5, 5.41) is 20.6. The summed E-state index contributed by atoms with van der Waals surface area (Å²) in [5.74, 6) is 5.57. The number of aliphatic hydroxyl groups excluding tert-OH is 1. The molecule has 2 nitrogen and oxygen atoms in total. The van der Waals surface area contributed by atoms with Crippen LogP contribution in [0.2, 0.25) is 0 Å². The first-order valence-corrected chi connectivity index (χ1v) is 13.4. The van der Waals surface area contributed by atoms with E-state index in [9.17, 15) is 10.2 Å². The normalized spacial score (nSPS) is 48.4. The Hall–Kier alpha value is -0.0800. The zero-order valence-electron chi connectivity index (χ0n) is 20.8. The van der Waals surface area contributed by atoms with Crippen molar-refractivity contribution in [3.8, 4) is 0 Å². The summed E-state index contributed by atoms with van der Waals surface area (Å²) in [6.07, 6.45) is 14.3. The van der Waals surface area contributed by atoms with Crippen molar-refractivity contribution in [3.05, 3.63) is 0 Å². The van der Waals surface area contributed by atoms with Gasteiger partial charge in [-0.3, -0.25) is 0 Å². The maximum absolute atomic E-state index is 10.4. The van der Waals surface area contributed by atoms with Crippen molar-refractivity contribution in [2.24, 2.45) is 52.3 Å². The van der Waals surface area contributed by atoms with Gasteiger partial charge in [-0.25, -0.2) is 0 Å². The summed E-state index contributed by atoms with van der Waals surface area (Å²) < 4.78 is 0. The van der Waals surface area contributed by atoms with Crippen LogP contribution in [0.15, 0.2) is 0 Å². The average molecular weight is 419 g/mol. The molecule has 4 fully saturated rings. The lowest BCUT2D eigenvalue weighted by Gasteiger charge is -2.61. The summed E-state index contributed by atoms with van der Waals surface area (Å²) in [6, 6.07) is 0. The maximum atomic E-state index is 10.4. The highest BCUT2D eigenvalue weighted by Crippen LogP contribution is 2.68. The van der Waals surface area contributed by atoms with Crippen LogP contribution in [0.3, 0.4) is 0 Å². The van der Waals surface area contributed by atoms with Gasteiger partial charge in [-0.15, -0.1) is 0 Å². The smallest absolute Gasteiger partial charge is 0.0617 e. The van der Waals surface area contributed by atoms with Gasteiger partial charge in [0.05, 0.1) is 11.7 Å². The Kier molecular flexibility index (Phi) is 6.20. The van der Waals surface area contributed by atoms with Crippen LogP contribution in [-0.4, -0.2) is 21.9 Å². The van der Waals surface area contributed by atoms with Crippen molar-refractivity contribution in [2.45, 2.75) is 124 Å². The predicted molar refractivity (Wildman–Crippen MR) is 125 cm³/mol. The monoisotopic (exact) mass is 418 g/mol. The molecule has 30 heavy (non-hydrogen) atoms. The Morgan fingerprint density at radius 1 is 0.867 bits per heavy atom. The first-order valence-electron chi connectivity index (χ1n) is 13.4. The van der Waals surface area contributed by atoms with Crippen molar-refractivity contribution < 1.29 is 10.2 Å². The van der Waals surface area contributed by atoms with E-state index in [1.165, 1.54) is 51.4 Å². The summed E-state index contributed by atoms with van der Waals surface area (Å²) in [6.45, 7) is 13.9. The molecule has 4 rings (SSSR count). The van der Waals surface area contributed by atoms with E-state index in [4.69, 9.17) is 0 Å². The second-order valence-electron chi connectivity index (χ2n) is 13.4. The van der Waals surface area contributed by atoms with E-state index in [1.54, 1.807) is 0 Å². The molecule has 0 aromatic rings. The van der Waals surface area contributed by atoms with E-state index in [-0.39, 0.29) is 6.10 Å².